The number of nitrogens with two attached hydrogens (primary N) is 1. The summed E-state index contributed by atoms with van der Waals surface area (Å²) in [6.45, 7) is 1.46. The number of nitrogens with zero attached hydrogens (tertiary/aromatic N) is 2. The molecule has 0 radical (unpaired) electrons. The molecule has 0 aromatic carbocycles. The Labute approximate surface area is 102 Å². The van der Waals surface area contributed by atoms with Gasteiger partial charge in [-0.1, -0.05) is 6.07 Å². The Morgan fingerprint density at radius 3 is 2.88 bits per heavy atom. The lowest BCUT2D eigenvalue weighted by atomic mass is 10.1. The summed E-state index contributed by atoms with van der Waals surface area (Å²) in [4.78, 5) is 17.8. The van der Waals surface area contributed by atoms with Gasteiger partial charge in [-0.2, -0.15) is 0 Å². The number of carbonyl (C=O) groups is 1. The molecular formula is C13H19N3O. The van der Waals surface area contributed by atoms with Crippen LogP contribution in [0.25, 0.3) is 0 Å². The van der Waals surface area contributed by atoms with Gasteiger partial charge < -0.3 is 10.6 Å². The average Bonchev–Trinajstić information content (AvgIpc) is 3.11. The highest BCUT2D eigenvalue weighted by atomic mass is 16.2. The fourth-order valence-electron chi connectivity index (χ4n) is 2.01. The van der Waals surface area contributed by atoms with E-state index in [-0.39, 0.29) is 11.3 Å². The molecule has 1 amide bonds. The zero-order chi connectivity index (χ0) is 12.3. The van der Waals surface area contributed by atoms with Crippen molar-refractivity contribution >= 4 is 5.91 Å². The summed E-state index contributed by atoms with van der Waals surface area (Å²) in [6.07, 6.45) is 6.17. The summed E-state index contributed by atoms with van der Waals surface area (Å²) in [7, 11) is 1.86. The van der Waals surface area contributed by atoms with Gasteiger partial charge in [0.2, 0.25) is 5.91 Å². The van der Waals surface area contributed by atoms with Crippen LogP contribution in [0.1, 0.15) is 18.4 Å². The molecule has 2 rings (SSSR count). The van der Waals surface area contributed by atoms with E-state index in [1.165, 1.54) is 0 Å². The number of hydrogen-bond acceptors (Lipinski definition) is 3. The molecule has 0 saturated heterocycles. The Bertz CT molecular complexity index is 387. The molecule has 17 heavy (non-hydrogen) atoms. The second kappa shape index (κ2) is 4.84. The molecule has 1 fully saturated rings. The lowest BCUT2D eigenvalue weighted by Crippen LogP contribution is -2.36. The van der Waals surface area contributed by atoms with Gasteiger partial charge in [0.15, 0.2) is 0 Å². The predicted octanol–water partition coefficient (Wildman–Crippen LogP) is 0.821. The third-order valence-corrected chi connectivity index (χ3v) is 3.47. The lowest BCUT2D eigenvalue weighted by molar-refractivity contribution is -0.129. The second-order valence-corrected chi connectivity index (χ2v) is 4.99. The molecule has 4 heteroatoms. The first-order chi connectivity index (χ1) is 8.15. The van der Waals surface area contributed by atoms with Crippen LogP contribution in [-0.4, -0.2) is 35.9 Å². The van der Waals surface area contributed by atoms with Crippen molar-refractivity contribution in [2.24, 2.45) is 11.1 Å². The quantitative estimate of drug-likeness (QED) is 0.819. The molecule has 4 nitrogen and oxygen atoms in total. The highest BCUT2D eigenvalue weighted by Gasteiger charge is 2.42. The van der Waals surface area contributed by atoms with Crippen molar-refractivity contribution in [3.8, 4) is 0 Å². The number of hydrogen-bond donors (Lipinski definition) is 1. The number of pyridine rings is 1. The molecule has 0 atom stereocenters. The van der Waals surface area contributed by atoms with E-state index >= 15 is 0 Å². The van der Waals surface area contributed by atoms with Crippen LogP contribution >= 0.6 is 0 Å². The van der Waals surface area contributed by atoms with Gasteiger partial charge in [-0.05, 0) is 31.0 Å². The van der Waals surface area contributed by atoms with E-state index < -0.39 is 0 Å². The number of likely N-dealkylation sites (N-methyl/N-ethyl adjacent to an activating group) is 1. The number of amides is 1. The summed E-state index contributed by atoms with van der Waals surface area (Å²) in [6, 6.07) is 3.78. The zero-order valence-corrected chi connectivity index (χ0v) is 10.2. The van der Waals surface area contributed by atoms with E-state index in [0.717, 1.165) is 24.9 Å². The summed E-state index contributed by atoms with van der Waals surface area (Å²) in [5, 5.41) is 0. The molecule has 1 saturated carbocycles. The smallest absolute Gasteiger partial charge is 0.226 e. The molecule has 0 unspecified atom stereocenters. The van der Waals surface area contributed by atoms with Crippen LogP contribution in [0, 0.1) is 5.41 Å². The van der Waals surface area contributed by atoms with E-state index in [0.29, 0.717) is 13.0 Å². The largest absolute Gasteiger partial charge is 0.345 e. The molecule has 2 N–H and O–H groups in total. The fraction of sp³-hybridized carbons (Fsp3) is 0.538. The van der Waals surface area contributed by atoms with Crippen molar-refractivity contribution in [3.05, 3.63) is 30.1 Å². The van der Waals surface area contributed by atoms with Crippen LogP contribution in [0.5, 0.6) is 0 Å². The Morgan fingerprint density at radius 2 is 2.35 bits per heavy atom. The lowest BCUT2D eigenvalue weighted by Gasteiger charge is -2.22. The van der Waals surface area contributed by atoms with Crippen LogP contribution in [0.15, 0.2) is 24.5 Å². The fourth-order valence-corrected chi connectivity index (χ4v) is 2.01. The predicted molar refractivity (Wildman–Crippen MR) is 66.3 cm³/mol. The van der Waals surface area contributed by atoms with E-state index in [4.69, 9.17) is 5.73 Å². The maximum atomic E-state index is 12.0. The minimum absolute atomic E-state index is 0.137. The van der Waals surface area contributed by atoms with Crippen LogP contribution in [0.4, 0.5) is 0 Å². The zero-order valence-electron chi connectivity index (χ0n) is 10.2. The van der Waals surface area contributed by atoms with Gasteiger partial charge >= 0.3 is 0 Å². The SMILES string of the molecule is CN(CC1(CN)CC1)C(=O)Cc1cccnc1. The molecular weight excluding hydrogens is 214 g/mol. The first-order valence-corrected chi connectivity index (χ1v) is 5.98. The minimum atomic E-state index is 0.137. The van der Waals surface area contributed by atoms with E-state index in [2.05, 4.69) is 4.98 Å². The van der Waals surface area contributed by atoms with Crippen LogP contribution < -0.4 is 5.73 Å². The first-order valence-electron chi connectivity index (χ1n) is 5.98. The third kappa shape index (κ3) is 3.03. The van der Waals surface area contributed by atoms with Crippen LogP contribution in [-0.2, 0) is 11.2 Å². The molecule has 1 aliphatic rings. The maximum absolute atomic E-state index is 12.0. The standard InChI is InChI=1S/C13H19N3O/c1-16(10-13(9-14)4-5-13)12(17)7-11-3-2-6-15-8-11/h2-3,6,8H,4-5,7,9-10,14H2,1H3. The highest BCUT2D eigenvalue weighted by Crippen LogP contribution is 2.44. The average molecular weight is 233 g/mol. The Balaban J connectivity index is 1.88. The van der Waals surface area contributed by atoms with Crippen molar-refractivity contribution in [1.29, 1.82) is 0 Å². The van der Waals surface area contributed by atoms with Crippen molar-refractivity contribution in [2.45, 2.75) is 19.3 Å². The van der Waals surface area contributed by atoms with E-state index in [9.17, 15) is 4.79 Å². The Kier molecular flexibility index (Phi) is 3.43. The van der Waals surface area contributed by atoms with Gasteiger partial charge in [0.25, 0.3) is 0 Å². The molecule has 0 bridgehead atoms. The minimum Gasteiger partial charge on any atom is -0.345 e. The van der Waals surface area contributed by atoms with Crippen molar-refractivity contribution in [3.63, 3.8) is 0 Å². The summed E-state index contributed by atoms with van der Waals surface area (Å²) in [5.74, 6) is 0.137. The molecule has 1 aromatic heterocycles. The van der Waals surface area contributed by atoms with Gasteiger partial charge in [-0.25, -0.2) is 0 Å². The van der Waals surface area contributed by atoms with Gasteiger partial charge in [0.1, 0.15) is 0 Å². The molecule has 1 aromatic rings. The Hall–Kier alpha value is -1.42. The van der Waals surface area contributed by atoms with Crippen molar-refractivity contribution < 1.29 is 4.79 Å². The molecule has 0 aliphatic heterocycles. The van der Waals surface area contributed by atoms with Crippen molar-refractivity contribution in [1.82, 2.24) is 9.88 Å². The van der Waals surface area contributed by atoms with E-state index in [1.54, 1.807) is 17.3 Å². The monoisotopic (exact) mass is 233 g/mol. The maximum Gasteiger partial charge on any atom is 0.226 e. The molecule has 92 valence electrons. The van der Waals surface area contributed by atoms with Crippen LogP contribution in [0.2, 0.25) is 0 Å². The van der Waals surface area contributed by atoms with E-state index in [1.807, 2.05) is 19.2 Å². The van der Waals surface area contributed by atoms with Gasteiger partial charge in [0, 0.05) is 31.4 Å². The molecule has 1 heterocycles. The molecule has 0 spiro atoms. The number of rotatable bonds is 5. The van der Waals surface area contributed by atoms with Gasteiger partial charge in [-0.3, -0.25) is 9.78 Å². The second-order valence-electron chi connectivity index (χ2n) is 4.99. The van der Waals surface area contributed by atoms with Crippen molar-refractivity contribution in [2.75, 3.05) is 20.1 Å². The van der Waals surface area contributed by atoms with Gasteiger partial charge in [-0.15, -0.1) is 0 Å². The third-order valence-electron chi connectivity index (χ3n) is 3.47. The topological polar surface area (TPSA) is 59.2 Å². The number of carbonyl (C=O) groups excluding carboxylic acids is 1. The summed E-state index contributed by atoms with van der Waals surface area (Å²) < 4.78 is 0. The summed E-state index contributed by atoms with van der Waals surface area (Å²) in [5.41, 5.74) is 6.89. The number of aromatic nitrogens is 1. The van der Waals surface area contributed by atoms with Gasteiger partial charge in [0.05, 0.1) is 6.42 Å². The Morgan fingerprint density at radius 1 is 1.59 bits per heavy atom. The van der Waals surface area contributed by atoms with Crippen LogP contribution in [0.3, 0.4) is 0 Å². The molecule has 1 aliphatic carbocycles. The normalized spacial score (nSPS) is 16.6. The first kappa shape index (κ1) is 12.0. The summed E-state index contributed by atoms with van der Waals surface area (Å²) >= 11 is 0. The highest BCUT2D eigenvalue weighted by molar-refractivity contribution is 5.78.